The van der Waals surface area contributed by atoms with Crippen molar-refractivity contribution in [1.82, 2.24) is 25.3 Å². The molecular formula is C25H25N7O. The summed E-state index contributed by atoms with van der Waals surface area (Å²) in [5.41, 5.74) is 5.11. The number of carbonyl (C=O) groups excluding carboxylic acids is 1. The molecule has 1 amide bonds. The normalized spacial score (nSPS) is 11.9. The molecule has 0 aliphatic rings. The van der Waals surface area contributed by atoms with E-state index in [1.165, 1.54) is 6.20 Å². The smallest absolute Gasteiger partial charge is 0.251 e. The lowest BCUT2D eigenvalue weighted by atomic mass is 10.1. The molecule has 3 N–H and O–H groups in total. The Hall–Kier alpha value is -4.25. The van der Waals surface area contributed by atoms with E-state index in [0.717, 1.165) is 27.7 Å². The average molecular weight is 440 g/mol. The number of carbonyl (C=O) groups is 1. The molecule has 3 aromatic heterocycles. The number of aromatic amines is 1. The van der Waals surface area contributed by atoms with Crippen molar-refractivity contribution >= 4 is 28.6 Å². The van der Waals surface area contributed by atoms with E-state index in [-0.39, 0.29) is 18.0 Å². The maximum atomic E-state index is 12.2. The summed E-state index contributed by atoms with van der Waals surface area (Å²) >= 11 is 0. The van der Waals surface area contributed by atoms with Crippen molar-refractivity contribution in [1.29, 1.82) is 0 Å². The molecule has 33 heavy (non-hydrogen) atoms. The van der Waals surface area contributed by atoms with Crippen LogP contribution in [-0.2, 0) is 0 Å². The van der Waals surface area contributed by atoms with Crippen molar-refractivity contribution < 1.29 is 4.79 Å². The van der Waals surface area contributed by atoms with Crippen molar-refractivity contribution in [3.05, 3.63) is 77.0 Å². The Morgan fingerprint density at radius 1 is 1.12 bits per heavy atom. The molecule has 4 rings (SSSR count). The minimum atomic E-state index is -0.106. The molecule has 1 atom stereocenters. The largest absolute Gasteiger partial charge is 0.350 e. The predicted octanol–water partition coefficient (Wildman–Crippen LogP) is 5.19. The summed E-state index contributed by atoms with van der Waals surface area (Å²) in [4.78, 5) is 32.3. The minimum absolute atomic E-state index is 0.0828. The Labute approximate surface area is 192 Å². The fraction of sp³-hybridized carbons (Fsp3) is 0.240. The van der Waals surface area contributed by atoms with Gasteiger partial charge in [-0.15, -0.1) is 0 Å². The quantitative estimate of drug-likeness (QED) is 0.359. The molecule has 0 radical (unpaired) electrons. The molecule has 3 heterocycles. The molecule has 0 unspecified atom stereocenters. The Balaban J connectivity index is 1.60. The molecular weight excluding hydrogens is 414 g/mol. The molecule has 4 aromatic rings. The highest BCUT2D eigenvalue weighted by Crippen LogP contribution is 2.34. The zero-order valence-electron chi connectivity index (χ0n) is 19.0. The maximum Gasteiger partial charge on any atom is 0.251 e. The Morgan fingerprint density at radius 3 is 2.58 bits per heavy atom. The van der Waals surface area contributed by atoms with Crippen LogP contribution in [0.2, 0.25) is 0 Å². The zero-order valence-corrected chi connectivity index (χ0v) is 19.0. The van der Waals surface area contributed by atoms with Gasteiger partial charge in [-0.05, 0) is 57.0 Å². The second-order valence-electron chi connectivity index (χ2n) is 8.27. The van der Waals surface area contributed by atoms with E-state index in [4.69, 9.17) is 6.57 Å². The Kier molecular flexibility index (Phi) is 6.05. The van der Waals surface area contributed by atoms with Gasteiger partial charge in [0.15, 0.2) is 0 Å². The van der Waals surface area contributed by atoms with E-state index in [1.807, 2.05) is 52.1 Å². The van der Waals surface area contributed by atoms with Crippen LogP contribution in [0.25, 0.3) is 27.1 Å². The third-order valence-corrected chi connectivity index (χ3v) is 5.25. The molecule has 8 heteroatoms. The van der Waals surface area contributed by atoms with Crippen molar-refractivity contribution in [2.24, 2.45) is 0 Å². The highest BCUT2D eigenvalue weighted by atomic mass is 16.1. The standard InChI is InChI=1S/C25H25N7O/c1-14(2)30-24(33)18-8-6-17(7-9-18)16(4)31-25-29-13-21(26-5)22(32-25)20-12-28-23-19(20)10-15(3)11-27-23/h6-14,16H,1-4H3,(H,27,28)(H,30,33)(H,29,31,32)/t16-/m1/s1. The van der Waals surface area contributed by atoms with Crippen LogP contribution in [0.3, 0.4) is 0 Å². The minimum Gasteiger partial charge on any atom is -0.350 e. The van der Waals surface area contributed by atoms with Crippen molar-refractivity contribution in [3.63, 3.8) is 0 Å². The van der Waals surface area contributed by atoms with Gasteiger partial charge < -0.3 is 15.6 Å². The molecule has 0 bridgehead atoms. The topological polar surface area (TPSA) is 100.0 Å². The lowest BCUT2D eigenvalue weighted by molar-refractivity contribution is 0.0943. The van der Waals surface area contributed by atoms with Crippen LogP contribution in [-0.4, -0.2) is 31.9 Å². The first-order valence-electron chi connectivity index (χ1n) is 10.7. The molecule has 0 fully saturated rings. The summed E-state index contributed by atoms with van der Waals surface area (Å²) in [6.07, 6.45) is 5.15. The second kappa shape index (κ2) is 9.09. The third kappa shape index (κ3) is 4.67. The number of amides is 1. The Bertz CT molecular complexity index is 1350. The number of benzene rings is 1. The summed E-state index contributed by atoms with van der Waals surface area (Å²) in [7, 11) is 0. The van der Waals surface area contributed by atoms with Crippen molar-refractivity contribution in [2.45, 2.75) is 39.8 Å². The van der Waals surface area contributed by atoms with Gasteiger partial charge in [0, 0.05) is 41.1 Å². The number of pyridine rings is 1. The summed E-state index contributed by atoms with van der Waals surface area (Å²) in [6, 6.07) is 9.44. The lowest BCUT2D eigenvalue weighted by Gasteiger charge is -2.16. The highest BCUT2D eigenvalue weighted by molar-refractivity contribution is 5.96. The third-order valence-electron chi connectivity index (χ3n) is 5.25. The number of rotatable bonds is 6. The molecule has 8 nitrogen and oxygen atoms in total. The average Bonchev–Trinajstić information content (AvgIpc) is 3.21. The fourth-order valence-electron chi connectivity index (χ4n) is 3.57. The SMILES string of the molecule is [C-]#[N+]c1cnc(N[C@H](C)c2ccc(C(=O)NC(C)C)cc2)nc1-c1c[nH]c2ncc(C)cc12. The zero-order chi connectivity index (χ0) is 23.5. The van der Waals surface area contributed by atoms with E-state index >= 15 is 0 Å². The number of aryl methyl sites for hydroxylation is 1. The number of fused-ring (bicyclic) bond motifs is 1. The Morgan fingerprint density at radius 2 is 1.88 bits per heavy atom. The molecule has 0 aliphatic heterocycles. The lowest BCUT2D eigenvalue weighted by Crippen LogP contribution is -2.30. The number of H-pyrrole nitrogens is 1. The van der Waals surface area contributed by atoms with Gasteiger partial charge in [0.2, 0.25) is 11.6 Å². The summed E-state index contributed by atoms with van der Waals surface area (Å²) < 4.78 is 0. The molecule has 166 valence electrons. The van der Waals surface area contributed by atoms with Gasteiger partial charge in [0.1, 0.15) is 5.65 Å². The summed E-state index contributed by atoms with van der Waals surface area (Å²) in [5.74, 6) is 0.324. The van der Waals surface area contributed by atoms with Gasteiger partial charge in [-0.2, -0.15) is 0 Å². The summed E-state index contributed by atoms with van der Waals surface area (Å²) in [6.45, 7) is 15.4. The van der Waals surface area contributed by atoms with Crippen LogP contribution in [0.1, 0.15) is 48.3 Å². The monoisotopic (exact) mass is 439 g/mol. The molecule has 0 aliphatic carbocycles. The number of nitrogens with zero attached hydrogens (tertiary/aromatic N) is 4. The van der Waals surface area contributed by atoms with Gasteiger partial charge in [-0.25, -0.2) is 19.8 Å². The first-order chi connectivity index (χ1) is 15.9. The number of hydrogen-bond acceptors (Lipinski definition) is 5. The molecule has 0 saturated carbocycles. The number of nitrogens with one attached hydrogen (secondary N) is 3. The van der Waals surface area contributed by atoms with Gasteiger partial charge in [0.05, 0.1) is 18.3 Å². The second-order valence-corrected chi connectivity index (χ2v) is 8.27. The van der Waals surface area contributed by atoms with Gasteiger partial charge in [-0.1, -0.05) is 12.1 Å². The predicted molar refractivity (Wildman–Crippen MR) is 129 cm³/mol. The highest BCUT2D eigenvalue weighted by Gasteiger charge is 2.16. The maximum absolute atomic E-state index is 12.2. The van der Waals surface area contributed by atoms with Crippen molar-refractivity contribution in [2.75, 3.05) is 5.32 Å². The van der Waals surface area contributed by atoms with E-state index < -0.39 is 0 Å². The van der Waals surface area contributed by atoms with Crippen LogP contribution in [0, 0.1) is 13.5 Å². The summed E-state index contributed by atoms with van der Waals surface area (Å²) in [5, 5.41) is 7.10. The van der Waals surface area contributed by atoms with Crippen molar-refractivity contribution in [3.8, 4) is 11.3 Å². The van der Waals surface area contributed by atoms with Gasteiger partial charge >= 0.3 is 0 Å². The first kappa shape index (κ1) is 22.0. The van der Waals surface area contributed by atoms with Crippen LogP contribution in [0.5, 0.6) is 0 Å². The van der Waals surface area contributed by atoms with Crippen LogP contribution in [0.4, 0.5) is 11.6 Å². The number of hydrogen-bond donors (Lipinski definition) is 3. The first-order valence-corrected chi connectivity index (χ1v) is 10.7. The molecule has 0 saturated heterocycles. The van der Waals surface area contributed by atoms with Gasteiger partial charge in [0.25, 0.3) is 5.91 Å². The van der Waals surface area contributed by atoms with E-state index in [2.05, 4.69) is 35.4 Å². The number of anilines is 1. The van der Waals surface area contributed by atoms with Crippen LogP contribution in [0.15, 0.2) is 48.9 Å². The van der Waals surface area contributed by atoms with E-state index in [9.17, 15) is 4.79 Å². The van der Waals surface area contributed by atoms with Crippen LogP contribution >= 0.6 is 0 Å². The molecule has 1 aromatic carbocycles. The van der Waals surface area contributed by atoms with E-state index in [1.54, 1.807) is 18.3 Å². The van der Waals surface area contributed by atoms with Gasteiger partial charge in [-0.3, -0.25) is 4.79 Å². The molecule has 0 spiro atoms. The fourth-order valence-corrected chi connectivity index (χ4v) is 3.57. The van der Waals surface area contributed by atoms with Crippen LogP contribution < -0.4 is 10.6 Å². The van der Waals surface area contributed by atoms with E-state index in [0.29, 0.717) is 22.9 Å². The number of aromatic nitrogens is 4.